The Kier molecular flexibility index (Phi) is 7.37. The molecule has 6 heteroatoms. The number of hydrogen-bond acceptors (Lipinski definition) is 5. The molecule has 1 aliphatic rings. The molecule has 0 bridgehead atoms. The lowest BCUT2D eigenvalue weighted by molar-refractivity contribution is -0.101. The van der Waals surface area contributed by atoms with E-state index in [1.165, 1.54) is 5.57 Å². The second kappa shape index (κ2) is 9.23. The molecule has 1 aromatic carbocycles. The average molecular weight is 419 g/mol. The summed E-state index contributed by atoms with van der Waals surface area (Å²) >= 11 is 0. The van der Waals surface area contributed by atoms with Crippen LogP contribution in [0.15, 0.2) is 23.8 Å². The third-order valence-electron chi connectivity index (χ3n) is 5.94. The quantitative estimate of drug-likeness (QED) is 0.496. The normalized spacial score (nSPS) is 20.6. The minimum atomic E-state index is -1.18. The molecule has 2 rings (SSSR count). The first-order valence-electron chi connectivity index (χ1n) is 10.3. The molecule has 0 aliphatic carbocycles. The van der Waals surface area contributed by atoms with E-state index in [0.29, 0.717) is 36.1 Å². The van der Waals surface area contributed by atoms with E-state index in [1.807, 2.05) is 27.7 Å². The fraction of sp³-hybridized carbons (Fsp3) is 0.542. The van der Waals surface area contributed by atoms with Gasteiger partial charge in [-0.3, -0.25) is 0 Å². The van der Waals surface area contributed by atoms with E-state index in [9.17, 15) is 20.1 Å². The molecule has 0 aromatic heterocycles. The van der Waals surface area contributed by atoms with Crippen molar-refractivity contribution in [1.29, 1.82) is 0 Å². The van der Waals surface area contributed by atoms with Crippen LogP contribution in [0.2, 0.25) is 0 Å². The van der Waals surface area contributed by atoms with Gasteiger partial charge in [0.05, 0.1) is 17.3 Å². The number of aromatic hydroxyl groups is 1. The monoisotopic (exact) mass is 418 g/mol. The molecule has 0 saturated heterocycles. The fourth-order valence-electron chi connectivity index (χ4n) is 3.76. The lowest BCUT2D eigenvalue weighted by Crippen LogP contribution is -2.43. The second-order valence-electron chi connectivity index (χ2n) is 8.77. The first kappa shape index (κ1) is 24.0. The van der Waals surface area contributed by atoms with Crippen LogP contribution in [-0.4, -0.2) is 45.7 Å². The summed E-state index contributed by atoms with van der Waals surface area (Å²) < 4.78 is 11.8. The predicted molar refractivity (Wildman–Crippen MR) is 117 cm³/mol. The first-order chi connectivity index (χ1) is 13.9. The van der Waals surface area contributed by atoms with Crippen molar-refractivity contribution < 1.29 is 29.6 Å². The molecule has 1 aromatic rings. The number of aliphatic hydroxyl groups is 1. The van der Waals surface area contributed by atoms with Crippen LogP contribution in [0, 0.1) is 6.92 Å². The number of aryl methyl sites for hydroxylation is 1. The summed E-state index contributed by atoms with van der Waals surface area (Å²) in [7, 11) is 1.62. The minimum absolute atomic E-state index is 0.117. The van der Waals surface area contributed by atoms with Gasteiger partial charge in [-0.05, 0) is 84.1 Å². The van der Waals surface area contributed by atoms with Crippen LogP contribution in [0.25, 0.3) is 6.08 Å². The molecule has 0 fully saturated rings. The summed E-state index contributed by atoms with van der Waals surface area (Å²) in [5.74, 6) is -1.03. The maximum atomic E-state index is 11.4. The highest BCUT2D eigenvalue weighted by Crippen LogP contribution is 2.41. The van der Waals surface area contributed by atoms with E-state index < -0.39 is 23.3 Å². The van der Waals surface area contributed by atoms with Crippen LogP contribution in [-0.2, 0) is 4.74 Å². The fourth-order valence-corrected chi connectivity index (χ4v) is 3.76. The molecule has 0 radical (unpaired) electrons. The summed E-state index contributed by atoms with van der Waals surface area (Å²) in [5.41, 5.74) is 0.561. The molecule has 166 valence electrons. The Morgan fingerprint density at radius 3 is 2.63 bits per heavy atom. The third-order valence-corrected chi connectivity index (χ3v) is 5.94. The molecule has 6 nitrogen and oxygen atoms in total. The van der Waals surface area contributed by atoms with E-state index in [2.05, 4.69) is 6.08 Å². The molecule has 1 heterocycles. The summed E-state index contributed by atoms with van der Waals surface area (Å²) in [6.07, 6.45) is 7.49. The second-order valence-corrected chi connectivity index (χ2v) is 8.77. The molecule has 0 saturated carbocycles. The highest BCUT2D eigenvalue weighted by molar-refractivity contribution is 5.95. The molecule has 1 aliphatic heterocycles. The summed E-state index contributed by atoms with van der Waals surface area (Å²) in [6, 6.07) is 1.63. The Labute approximate surface area is 178 Å². The number of phenols is 1. The van der Waals surface area contributed by atoms with Gasteiger partial charge in [0.25, 0.3) is 0 Å². The molecule has 30 heavy (non-hydrogen) atoms. The number of carboxylic acid groups (broad SMARTS) is 1. The summed E-state index contributed by atoms with van der Waals surface area (Å²) in [6.45, 7) is 9.54. The van der Waals surface area contributed by atoms with Crippen molar-refractivity contribution in [3.8, 4) is 11.5 Å². The van der Waals surface area contributed by atoms with Gasteiger partial charge in [0.2, 0.25) is 0 Å². The molecule has 3 atom stereocenters. The molecule has 0 amide bonds. The Hall–Kier alpha value is -2.31. The number of rotatable bonds is 9. The van der Waals surface area contributed by atoms with Crippen LogP contribution in [0.1, 0.15) is 74.9 Å². The number of aromatic carboxylic acids is 1. The first-order valence-corrected chi connectivity index (χ1v) is 10.3. The number of benzene rings is 1. The van der Waals surface area contributed by atoms with Gasteiger partial charge in [-0.2, -0.15) is 0 Å². The molecule has 0 spiro atoms. The van der Waals surface area contributed by atoms with Crippen LogP contribution >= 0.6 is 0 Å². The Bertz CT molecular complexity index is 852. The highest BCUT2D eigenvalue weighted by atomic mass is 16.5. The van der Waals surface area contributed by atoms with E-state index in [-0.39, 0.29) is 11.3 Å². The molecular formula is C24H34O6. The summed E-state index contributed by atoms with van der Waals surface area (Å²) in [4.78, 5) is 11.4. The van der Waals surface area contributed by atoms with E-state index in [1.54, 1.807) is 32.3 Å². The lowest BCUT2D eigenvalue weighted by Gasteiger charge is -2.37. The number of hydrogen-bond donors (Lipinski definition) is 3. The number of methoxy groups -OCH3 is 1. The average Bonchev–Trinajstić information content (AvgIpc) is 2.65. The van der Waals surface area contributed by atoms with Crippen LogP contribution in [0.4, 0.5) is 0 Å². The number of allylic oxidation sites excluding steroid dienone is 2. The van der Waals surface area contributed by atoms with Gasteiger partial charge in [-0.25, -0.2) is 4.79 Å². The molecular weight excluding hydrogens is 384 g/mol. The smallest absolute Gasteiger partial charge is 0.339 e. The van der Waals surface area contributed by atoms with E-state index >= 15 is 0 Å². The van der Waals surface area contributed by atoms with Crippen molar-refractivity contribution in [3.63, 3.8) is 0 Å². The zero-order chi connectivity index (χ0) is 22.7. The Morgan fingerprint density at radius 2 is 2.07 bits per heavy atom. The van der Waals surface area contributed by atoms with Gasteiger partial charge in [-0.15, -0.1) is 0 Å². The van der Waals surface area contributed by atoms with Crippen molar-refractivity contribution in [3.05, 3.63) is 40.5 Å². The standard InChI is InChI=1S/C24H34O6/c1-15(2)8-7-11-24(5,29-6)19(25)10-13-23(4)12-9-17-18(30-23)14-16(3)20(21(17)26)22(27)28/h8-9,12,14,19,25-26H,7,10-11,13H2,1-6H3,(H,27,28)/t19-,23+,24+/m1/s1. The number of carboxylic acids is 1. The maximum Gasteiger partial charge on any atom is 0.339 e. The van der Waals surface area contributed by atoms with Crippen LogP contribution < -0.4 is 4.74 Å². The summed E-state index contributed by atoms with van der Waals surface area (Å²) in [5, 5.41) is 30.5. The van der Waals surface area contributed by atoms with Crippen LogP contribution in [0.5, 0.6) is 11.5 Å². The Morgan fingerprint density at radius 1 is 1.40 bits per heavy atom. The van der Waals surface area contributed by atoms with Crippen molar-refractivity contribution in [2.45, 2.75) is 77.6 Å². The van der Waals surface area contributed by atoms with Crippen molar-refractivity contribution in [2.75, 3.05) is 7.11 Å². The van der Waals surface area contributed by atoms with Crippen molar-refractivity contribution in [1.82, 2.24) is 0 Å². The third kappa shape index (κ3) is 5.24. The molecule has 3 N–H and O–H groups in total. The maximum absolute atomic E-state index is 11.4. The number of aliphatic hydroxyl groups excluding tert-OH is 1. The topological polar surface area (TPSA) is 96.2 Å². The van der Waals surface area contributed by atoms with Crippen LogP contribution in [0.3, 0.4) is 0 Å². The van der Waals surface area contributed by atoms with Gasteiger partial charge in [0.1, 0.15) is 22.7 Å². The van der Waals surface area contributed by atoms with Gasteiger partial charge in [-0.1, -0.05) is 11.6 Å². The SMILES string of the molecule is CO[C@@](C)(CCC=C(C)C)[C@H](O)CC[C@]1(C)C=Cc2c(cc(C)c(C(=O)O)c2O)O1. The number of fused-ring (bicyclic) bond motifs is 1. The number of carbonyl (C=O) groups is 1. The highest BCUT2D eigenvalue weighted by Gasteiger charge is 2.36. The lowest BCUT2D eigenvalue weighted by atomic mass is 9.85. The Balaban J connectivity index is 2.13. The predicted octanol–water partition coefficient (Wildman–Crippen LogP) is 4.86. The molecule has 0 unspecified atom stereocenters. The van der Waals surface area contributed by atoms with Crippen molar-refractivity contribution in [2.24, 2.45) is 0 Å². The largest absolute Gasteiger partial charge is 0.506 e. The van der Waals surface area contributed by atoms with Gasteiger partial charge in [0.15, 0.2) is 0 Å². The minimum Gasteiger partial charge on any atom is -0.506 e. The van der Waals surface area contributed by atoms with Gasteiger partial charge < -0.3 is 24.8 Å². The van der Waals surface area contributed by atoms with E-state index in [0.717, 1.165) is 6.42 Å². The number of ether oxygens (including phenoxy) is 2. The van der Waals surface area contributed by atoms with Gasteiger partial charge in [0, 0.05) is 7.11 Å². The van der Waals surface area contributed by atoms with Crippen molar-refractivity contribution >= 4 is 12.0 Å². The van der Waals surface area contributed by atoms with E-state index in [4.69, 9.17) is 9.47 Å². The zero-order valence-electron chi connectivity index (χ0n) is 18.8. The van der Waals surface area contributed by atoms with Gasteiger partial charge >= 0.3 is 5.97 Å². The zero-order valence-corrected chi connectivity index (χ0v) is 18.8.